The van der Waals surface area contributed by atoms with E-state index in [0.717, 1.165) is 15.9 Å². The molecular weight excluding hydrogens is 480 g/mol. The predicted molar refractivity (Wildman–Crippen MR) is 120 cm³/mol. The van der Waals surface area contributed by atoms with Crippen molar-refractivity contribution in [1.82, 2.24) is 0 Å². The molecule has 31 heavy (non-hydrogen) atoms. The lowest BCUT2D eigenvalue weighted by Crippen LogP contribution is -3.00. The van der Waals surface area contributed by atoms with Gasteiger partial charge in [-0.3, -0.25) is 0 Å². The van der Waals surface area contributed by atoms with Crippen molar-refractivity contribution in [3.63, 3.8) is 0 Å². The van der Waals surface area contributed by atoms with Crippen LogP contribution in [0, 0.1) is 0 Å². The van der Waals surface area contributed by atoms with Gasteiger partial charge in [0.25, 0.3) is 0 Å². The van der Waals surface area contributed by atoms with E-state index in [1.165, 1.54) is 12.1 Å². The van der Waals surface area contributed by atoms with Gasteiger partial charge in [-0.05, 0) is 42.5 Å². The SMILES string of the molecule is FC(F)(F)c1ccccc1C[P+](c1ccccc1)(c1ccccc1)c1ccccc1.[Br-]. The maximum atomic E-state index is 13.8. The van der Waals surface area contributed by atoms with Crippen LogP contribution in [0.2, 0.25) is 0 Å². The molecule has 158 valence electrons. The maximum Gasteiger partial charge on any atom is 0.416 e. The molecule has 0 radical (unpaired) electrons. The number of halogens is 4. The van der Waals surface area contributed by atoms with Crippen molar-refractivity contribution in [2.24, 2.45) is 0 Å². The third-order valence-electron chi connectivity index (χ3n) is 5.32. The average molecular weight is 501 g/mol. The third kappa shape index (κ3) is 4.76. The fraction of sp³-hybridized carbons (Fsp3) is 0.0769. The molecule has 0 fully saturated rings. The third-order valence-corrected chi connectivity index (χ3v) is 9.68. The zero-order valence-electron chi connectivity index (χ0n) is 16.6. The van der Waals surface area contributed by atoms with Gasteiger partial charge >= 0.3 is 6.18 Å². The van der Waals surface area contributed by atoms with Crippen molar-refractivity contribution in [1.29, 1.82) is 0 Å². The summed E-state index contributed by atoms with van der Waals surface area (Å²) in [7, 11) is -2.37. The Morgan fingerprint density at radius 2 is 0.871 bits per heavy atom. The largest absolute Gasteiger partial charge is 1.00 e. The van der Waals surface area contributed by atoms with E-state index in [1.54, 1.807) is 12.1 Å². The van der Waals surface area contributed by atoms with Crippen LogP contribution in [-0.4, -0.2) is 0 Å². The molecule has 0 amide bonds. The molecule has 0 aliphatic rings. The molecule has 0 saturated carbocycles. The summed E-state index contributed by atoms with van der Waals surface area (Å²) in [6.45, 7) is 0. The molecule has 0 aliphatic heterocycles. The van der Waals surface area contributed by atoms with Crippen LogP contribution >= 0.6 is 7.26 Å². The second-order valence-electron chi connectivity index (χ2n) is 7.13. The smallest absolute Gasteiger partial charge is 0.416 e. The van der Waals surface area contributed by atoms with Gasteiger partial charge in [0, 0.05) is 5.56 Å². The molecule has 0 aromatic heterocycles. The Balaban J connectivity index is 0.00000272. The van der Waals surface area contributed by atoms with Crippen LogP contribution in [0.15, 0.2) is 115 Å². The highest BCUT2D eigenvalue weighted by Crippen LogP contribution is 2.59. The summed E-state index contributed by atoms with van der Waals surface area (Å²) >= 11 is 0. The lowest BCUT2D eigenvalue weighted by molar-refractivity contribution is -0.138. The molecule has 4 rings (SSSR count). The van der Waals surface area contributed by atoms with Crippen LogP contribution in [-0.2, 0) is 12.3 Å². The van der Waals surface area contributed by atoms with Crippen molar-refractivity contribution in [3.05, 3.63) is 126 Å². The quantitative estimate of drug-likeness (QED) is 0.369. The summed E-state index contributed by atoms with van der Waals surface area (Å²) in [5.41, 5.74) is -0.230. The molecule has 4 aromatic carbocycles. The van der Waals surface area contributed by atoms with E-state index in [0.29, 0.717) is 11.7 Å². The van der Waals surface area contributed by atoms with E-state index < -0.39 is 19.0 Å². The molecule has 0 heterocycles. The Hall–Kier alpha value is -2.42. The Morgan fingerprint density at radius 3 is 1.26 bits per heavy atom. The lowest BCUT2D eigenvalue weighted by atomic mass is 10.1. The molecule has 4 aromatic rings. The fourth-order valence-electron chi connectivity index (χ4n) is 3.96. The van der Waals surface area contributed by atoms with Gasteiger partial charge in [0.15, 0.2) is 0 Å². The molecule has 0 spiro atoms. The average Bonchev–Trinajstić information content (AvgIpc) is 2.79. The van der Waals surface area contributed by atoms with Crippen LogP contribution in [0.3, 0.4) is 0 Å². The standard InChI is InChI=1S/C26H21F3P.BrH/c27-26(28,29)25-19-11-10-12-21(25)20-30(22-13-4-1-5-14-22,23-15-6-2-7-16-23)24-17-8-3-9-18-24;/h1-19H,20H2;1H/q+1;/p-1. The second kappa shape index (κ2) is 9.80. The van der Waals surface area contributed by atoms with Crippen LogP contribution in [0.25, 0.3) is 0 Å². The van der Waals surface area contributed by atoms with Gasteiger partial charge in [0.05, 0.1) is 11.7 Å². The second-order valence-corrected chi connectivity index (χ2v) is 10.6. The van der Waals surface area contributed by atoms with Gasteiger partial charge in [-0.2, -0.15) is 13.2 Å². The van der Waals surface area contributed by atoms with Gasteiger partial charge in [-0.25, -0.2) is 0 Å². The van der Waals surface area contributed by atoms with Gasteiger partial charge in [0.1, 0.15) is 23.2 Å². The predicted octanol–water partition coefficient (Wildman–Crippen LogP) is 3.20. The highest BCUT2D eigenvalue weighted by atomic mass is 79.9. The van der Waals surface area contributed by atoms with E-state index >= 15 is 0 Å². The maximum absolute atomic E-state index is 13.8. The highest BCUT2D eigenvalue weighted by molar-refractivity contribution is 7.95. The molecule has 0 unspecified atom stereocenters. The minimum atomic E-state index is -4.39. The van der Waals surface area contributed by atoms with Crippen LogP contribution in [0.1, 0.15) is 11.1 Å². The molecule has 5 heteroatoms. The summed E-state index contributed by atoms with van der Waals surface area (Å²) in [4.78, 5) is 0. The molecular formula is C26H21BrF3P. The number of hydrogen-bond acceptors (Lipinski definition) is 0. The van der Waals surface area contributed by atoms with Crippen LogP contribution in [0.5, 0.6) is 0 Å². The Bertz CT molecular complexity index is 1000. The van der Waals surface area contributed by atoms with Gasteiger partial charge in [-0.1, -0.05) is 72.8 Å². The Labute approximate surface area is 191 Å². The normalized spacial score (nSPS) is 11.6. The van der Waals surface area contributed by atoms with Crippen molar-refractivity contribution < 1.29 is 30.2 Å². The van der Waals surface area contributed by atoms with Gasteiger partial charge in [0.2, 0.25) is 0 Å². The molecule has 0 saturated heterocycles. The van der Waals surface area contributed by atoms with Gasteiger partial charge < -0.3 is 17.0 Å². The number of rotatable bonds is 5. The molecule has 0 nitrogen and oxygen atoms in total. The van der Waals surface area contributed by atoms with Crippen molar-refractivity contribution in [2.75, 3.05) is 0 Å². The number of hydrogen-bond donors (Lipinski definition) is 0. The minimum Gasteiger partial charge on any atom is -1.00 e. The Morgan fingerprint density at radius 1 is 0.516 bits per heavy atom. The van der Waals surface area contributed by atoms with Crippen molar-refractivity contribution in [2.45, 2.75) is 12.3 Å². The zero-order valence-corrected chi connectivity index (χ0v) is 19.1. The summed E-state index contributed by atoms with van der Waals surface area (Å²) < 4.78 is 41.5. The van der Waals surface area contributed by atoms with E-state index in [1.807, 2.05) is 91.0 Å². The molecule has 0 N–H and O–H groups in total. The number of benzene rings is 4. The van der Waals surface area contributed by atoms with E-state index in [9.17, 15) is 13.2 Å². The highest BCUT2D eigenvalue weighted by Gasteiger charge is 2.47. The van der Waals surface area contributed by atoms with Crippen LogP contribution < -0.4 is 32.9 Å². The van der Waals surface area contributed by atoms with E-state index in [4.69, 9.17) is 0 Å². The van der Waals surface area contributed by atoms with Crippen molar-refractivity contribution in [3.8, 4) is 0 Å². The summed E-state index contributed by atoms with van der Waals surface area (Å²) in [5, 5.41) is 3.21. The summed E-state index contributed by atoms with van der Waals surface area (Å²) in [6, 6.07) is 35.8. The van der Waals surface area contributed by atoms with E-state index in [-0.39, 0.29) is 17.0 Å². The summed E-state index contributed by atoms with van der Waals surface area (Å²) in [5.74, 6) is 0. The Kier molecular flexibility index (Phi) is 7.35. The first-order valence-electron chi connectivity index (χ1n) is 9.72. The molecule has 0 bridgehead atoms. The topological polar surface area (TPSA) is 0 Å². The fourth-order valence-corrected chi connectivity index (χ4v) is 8.23. The molecule has 0 aliphatic carbocycles. The first kappa shape index (κ1) is 23.2. The molecule has 0 atom stereocenters. The lowest BCUT2D eigenvalue weighted by Gasteiger charge is -2.28. The summed E-state index contributed by atoms with van der Waals surface area (Å²) in [6.07, 6.45) is -4.09. The van der Waals surface area contributed by atoms with Crippen LogP contribution in [0.4, 0.5) is 13.2 Å². The minimum absolute atomic E-state index is 0. The zero-order chi connectivity index (χ0) is 21.0. The first-order valence-corrected chi connectivity index (χ1v) is 11.7. The van der Waals surface area contributed by atoms with Crippen molar-refractivity contribution >= 4 is 23.2 Å². The first-order chi connectivity index (χ1) is 14.5. The van der Waals surface area contributed by atoms with Gasteiger partial charge in [-0.15, -0.1) is 0 Å². The number of alkyl halides is 3. The van der Waals surface area contributed by atoms with E-state index in [2.05, 4.69) is 0 Å². The monoisotopic (exact) mass is 500 g/mol.